The maximum Gasteiger partial charge on any atom is 0.330 e. The summed E-state index contributed by atoms with van der Waals surface area (Å²) in [6.45, 7) is 1.62. The Morgan fingerprint density at radius 1 is 1.38 bits per heavy atom. The van der Waals surface area contributed by atoms with E-state index < -0.39 is 24.2 Å². The third kappa shape index (κ3) is 2.95. The number of rotatable bonds is 3. The van der Waals surface area contributed by atoms with Gasteiger partial charge in [-0.05, 0) is 67.9 Å². The van der Waals surface area contributed by atoms with Crippen molar-refractivity contribution in [2.75, 3.05) is 6.61 Å². The van der Waals surface area contributed by atoms with Gasteiger partial charge in [-0.15, -0.1) is 6.42 Å². The molecule has 0 aliphatic heterocycles. The number of aliphatic hydroxyl groups is 2. The molecule has 156 valence electrons. The number of carbonyl (C=O) groups excluding carboxylic acids is 1. The van der Waals surface area contributed by atoms with Gasteiger partial charge in [0.15, 0.2) is 0 Å². The molecule has 3 aliphatic carbocycles. The molecular weight excluding hydrogens is 370 g/mol. The Labute approximate surface area is 171 Å². The van der Waals surface area contributed by atoms with Crippen LogP contribution in [-0.2, 0) is 11.2 Å². The molecule has 2 saturated carbocycles. The van der Waals surface area contributed by atoms with Gasteiger partial charge in [-0.1, -0.05) is 12.8 Å². The van der Waals surface area contributed by atoms with Crippen LogP contribution in [0.1, 0.15) is 56.1 Å². The Hall–Kier alpha value is -2.07. The van der Waals surface area contributed by atoms with Crippen LogP contribution in [0.25, 0.3) is 0 Å². The first kappa shape index (κ1) is 20.2. The number of aryl methyl sites for hydroxylation is 1. The number of fused-ring (bicyclic) bond motifs is 5. The topological polar surface area (TPSA) is 113 Å². The van der Waals surface area contributed by atoms with Crippen LogP contribution < -0.4 is 10.5 Å². The van der Waals surface area contributed by atoms with Gasteiger partial charge in [-0.2, -0.15) is 0 Å². The summed E-state index contributed by atoms with van der Waals surface area (Å²) < 4.78 is 5.53. The van der Waals surface area contributed by atoms with Crippen molar-refractivity contribution in [2.24, 2.45) is 23.0 Å². The maximum absolute atomic E-state index is 12.2. The molecule has 1 aromatic rings. The van der Waals surface area contributed by atoms with Crippen molar-refractivity contribution in [3.8, 4) is 23.8 Å². The number of esters is 1. The van der Waals surface area contributed by atoms with Crippen LogP contribution in [0.15, 0.2) is 12.1 Å². The second-order valence-electron chi connectivity index (χ2n) is 9.14. The molecule has 1 unspecified atom stereocenters. The second-order valence-corrected chi connectivity index (χ2v) is 9.14. The van der Waals surface area contributed by atoms with E-state index >= 15 is 0 Å². The predicted octanol–water partition coefficient (Wildman–Crippen LogP) is 1.84. The first-order valence-corrected chi connectivity index (χ1v) is 10.4. The third-order valence-electron chi connectivity index (χ3n) is 7.87. The fourth-order valence-corrected chi connectivity index (χ4v) is 6.26. The Balaban J connectivity index is 1.71. The van der Waals surface area contributed by atoms with Crippen molar-refractivity contribution < 1.29 is 24.9 Å². The molecule has 6 atom stereocenters. The number of nitrogens with two attached hydrogens (primary N) is 1. The number of phenolic OH excluding ortho intramolecular Hbond substituents is 1. The minimum Gasteiger partial charge on any atom is -0.508 e. The summed E-state index contributed by atoms with van der Waals surface area (Å²) in [6, 6.07) is 2.08. The Kier molecular flexibility index (Phi) is 4.89. The van der Waals surface area contributed by atoms with Gasteiger partial charge in [0, 0.05) is 17.0 Å². The largest absolute Gasteiger partial charge is 0.508 e. The smallest absolute Gasteiger partial charge is 0.330 e. The van der Waals surface area contributed by atoms with Gasteiger partial charge in [0.2, 0.25) is 0 Å². The van der Waals surface area contributed by atoms with E-state index in [1.165, 1.54) is 6.07 Å². The highest BCUT2D eigenvalue weighted by Crippen LogP contribution is 2.64. The van der Waals surface area contributed by atoms with Crippen molar-refractivity contribution in [1.82, 2.24) is 0 Å². The molecule has 0 aromatic heterocycles. The minimum atomic E-state index is -1.12. The molecular formula is C23H29NO5. The monoisotopic (exact) mass is 399 g/mol. The van der Waals surface area contributed by atoms with Crippen molar-refractivity contribution in [1.29, 1.82) is 0 Å². The fraction of sp³-hybridized carbons (Fsp3) is 0.609. The van der Waals surface area contributed by atoms with Crippen LogP contribution in [0.2, 0.25) is 0 Å². The number of hydrogen-bond donors (Lipinski definition) is 4. The summed E-state index contributed by atoms with van der Waals surface area (Å²) in [5, 5.41) is 30.4. The van der Waals surface area contributed by atoms with Gasteiger partial charge in [-0.3, -0.25) is 0 Å². The minimum absolute atomic E-state index is 0.0470. The number of benzene rings is 1. The maximum atomic E-state index is 12.2. The van der Waals surface area contributed by atoms with E-state index in [9.17, 15) is 15.0 Å². The van der Waals surface area contributed by atoms with Crippen LogP contribution in [0, 0.1) is 29.6 Å². The number of carbonyl (C=O) groups is 1. The number of hydrogen-bond acceptors (Lipinski definition) is 6. The van der Waals surface area contributed by atoms with Gasteiger partial charge >= 0.3 is 5.97 Å². The molecule has 0 heterocycles. The molecule has 3 aliphatic rings. The lowest BCUT2D eigenvalue weighted by Gasteiger charge is -2.52. The molecule has 4 rings (SSSR count). The highest BCUT2D eigenvalue weighted by molar-refractivity contribution is 5.78. The molecule has 5 N–H and O–H groups in total. The van der Waals surface area contributed by atoms with Crippen molar-refractivity contribution in [3.63, 3.8) is 0 Å². The second kappa shape index (κ2) is 7.02. The quantitative estimate of drug-likeness (QED) is 0.350. The van der Waals surface area contributed by atoms with Gasteiger partial charge in [-0.25, -0.2) is 4.79 Å². The normalized spacial score (nSPS) is 36.3. The molecule has 6 nitrogen and oxygen atoms in total. The fourth-order valence-electron chi connectivity index (χ4n) is 6.26. The average Bonchev–Trinajstić information content (AvgIpc) is 2.98. The summed E-state index contributed by atoms with van der Waals surface area (Å²) in [5.74, 6) is 3.14. The van der Waals surface area contributed by atoms with Crippen molar-refractivity contribution in [3.05, 3.63) is 23.3 Å². The molecule has 0 amide bonds. The first-order valence-electron chi connectivity index (χ1n) is 10.4. The van der Waals surface area contributed by atoms with E-state index in [0.29, 0.717) is 24.0 Å². The summed E-state index contributed by atoms with van der Waals surface area (Å²) in [6.07, 6.45) is 10.6. The molecule has 29 heavy (non-hydrogen) atoms. The van der Waals surface area contributed by atoms with Gasteiger partial charge in [0.1, 0.15) is 23.1 Å². The lowest BCUT2D eigenvalue weighted by atomic mass is 9.53. The lowest BCUT2D eigenvalue weighted by Crippen LogP contribution is -2.50. The van der Waals surface area contributed by atoms with E-state index in [-0.39, 0.29) is 17.1 Å². The summed E-state index contributed by atoms with van der Waals surface area (Å²) >= 11 is 0. The molecule has 0 saturated heterocycles. The molecule has 1 aromatic carbocycles. The lowest BCUT2D eigenvalue weighted by molar-refractivity contribution is -0.136. The van der Waals surface area contributed by atoms with Crippen LogP contribution >= 0.6 is 0 Å². The van der Waals surface area contributed by atoms with Crippen LogP contribution in [0.3, 0.4) is 0 Å². The zero-order valence-corrected chi connectivity index (χ0v) is 16.7. The predicted molar refractivity (Wildman–Crippen MR) is 107 cm³/mol. The van der Waals surface area contributed by atoms with Crippen LogP contribution in [-0.4, -0.2) is 39.5 Å². The third-order valence-corrected chi connectivity index (χ3v) is 7.87. The van der Waals surface area contributed by atoms with E-state index in [1.54, 1.807) is 6.07 Å². The van der Waals surface area contributed by atoms with Gasteiger partial charge in [0.05, 0.1) is 6.61 Å². The molecule has 0 spiro atoms. The number of phenols is 1. The van der Waals surface area contributed by atoms with Crippen LogP contribution in [0.5, 0.6) is 11.5 Å². The molecule has 0 bridgehead atoms. The summed E-state index contributed by atoms with van der Waals surface area (Å²) in [7, 11) is 0. The average molecular weight is 399 g/mol. The van der Waals surface area contributed by atoms with E-state index in [4.69, 9.17) is 22.0 Å². The van der Waals surface area contributed by atoms with Crippen LogP contribution in [0.4, 0.5) is 0 Å². The van der Waals surface area contributed by atoms with E-state index in [0.717, 1.165) is 43.2 Å². The van der Waals surface area contributed by atoms with Crippen molar-refractivity contribution >= 4 is 5.97 Å². The summed E-state index contributed by atoms with van der Waals surface area (Å²) in [5.41, 5.74) is 6.17. The van der Waals surface area contributed by atoms with E-state index in [2.05, 4.69) is 12.8 Å². The number of terminal acetylenes is 1. The van der Waals surface area contributed by atoms with E-state index in [1.807, 2.05) is 0 Å². The SMILES string of the molecule is C#C[C@]1(O)CC[C@H]2[C@@H]3CCc4cc(O)cc(OC(=O)[C@@H](N)CO)c4[C@H]3CCC21C. The standard InChI is InChI=1S/C23H29NO5/c1-3-23(28)9-7-17-15-5-4-13-10-14(26)11-19(29-21(27)18(24)12-25)20(13)16(15)6-8-22(17,23)2/h1,10-11,15-18,25-26,28H,4-9,12,24H2,2H3/t15-,16+,17+,18+,22?,23+/m1/s1. The van der Waals surface area contributed by atoms with Gasteiger partial charge < -0.3 is 25.8 Å². The number of aliphatic hydroxyl groups excluding tert-OH is 1. The highest BCUT2D eigenvalue weighted by Gasteiger charge is 2.61. The molecule has 2 fully saturated rings. The van der Waals surface area contributed by atoms with Gasteiger partial charge in [0.25, 0.3) is 0 Å². The Morgan fingerprint density at radius 3 is 2.83 bits per heavy atom. The Bertz CT molecular complexity index is 877. The number of aromatic hydroxyl groups is 1. The number of ether oxygens (including phenoxy) is 1. The highest BCUT2D eigenvalue weighted by atomic mass is 16.5. The zero-order chi connectivity index (χ0) is 21.0. The summed E-state index contributed by atoms with van der Waals surface area (Å²) in [4.78, 5) is 12.2. The Morgan fingerprint density at radius 2 is 2.14 bits per heavy atom. The van der Waals surface area contributed by atoms with Crippen molar-refractivity contribution in [2.45, 2.75) is 63.0 Å². The zero-order valence-electron chi connectivity index (χ0n) is 16.7. The first-order chi connectivity index (χ1) is 13.7. The molecule has 0 radical (unpaired) electrons. The molecule has 6 heteroatoms.